The Morgan fingerprint density at radius 3 is 0.783 bits per heavy atom. The first-order chi connectivity index (χ1) is 9.82. The van der Waals surface area contributed by atoms with Crippen molar-refractivity contribution in [1.82, 2.24) is 0 Å². The molecule has 0 bridgehead atoms. The maximum atomic E-state index is 11.2. The Balaban J connectivity index is -0.0000000700. The van der Waals surface area contributed by atoms with Crippen LogP contribution in [0.25, 0.3) is 0 Å². The van der Waals surface area contributed by atoms with Crippen molar-refractivity contribution < 1.29 is 34.5 Å². The van der Waals surface area contributed by atoms with Crippen LogP contribution in [0.2, 0.25) is 0 Å². The minimum Gasteiger partial charge on any atom is -0.550 e. The van der Waals surface area contributed by atoms with Crippen LogP contribution in [0.5, 0.6) is 0 Å². The Hall–Kier alpha value is -1.39. The zero-order valence-electron chi connectivity index (χ0n) is 15.1. The number of carbonyl (C=O) groups excluding carboxylic acids is 4. The van der Waals surface area contributed by atoms with E-state index in [1.165, 1.54) is 0 Å². The molecule has 0 aromatic rings. The van der Waals surface area contributed by atoms with Crippen LogP contribution >= 0.6 is 0 Å². The molecule has 0 atom stereocenters. The molecule has 0 aromatic heterocycles. The molecule has 0 aliphatic heterocycles. The normalized spacial score (nSPS) is 8.30. The van der Waals surface area contributed by atoms with Crippen molar-refractivity contribution in [3.63, 3.8) is 0 Å². The van der Waals surface area contributed by atoms with E-state index in [1.807, 2.05) is 0 Å². The monoisotopic (exact) mass is 346 g/mol. The summed E-state index contributed by atoms with van der Waals surface area (Å²) in [5.41, 5.74) is -0.0139. The minimum absolute atomic E-state index is 0. The van der Waals surface area contributed by atoms with Gasteiger partial charge in [0, 0.05) is 23.3 Å². The summed E-state index contributed by atoms with van der Waals surface area (Å²) in [6.07, 6.45) is 2.94. The van der Waals surface area contributed by atoms with Crippen molar-refractivity contribution in [2.24, 2.45) is 5.41 Å². The van der Waals surface area contributed by atoms with Crippen LogP contribution in [0.3, 0.4) is 0 Å². The second kappa shape index (κ2) is 20.6. The zero-order valence-corrected chi connectivity index (χ0v) is 16.2. The maximum Gasteiger partial charge on any atom is 3.00 e. The zero-order chi connectivity index (χ0) is 18.9. The average Bonchev–Trinajstić information content (AvgIpc) is 2.29. The fraction of sp³-hybridized carbons (Fsp3) is 0.733. The van der Waals surface area contributed by atoms with Crippen LogP contribution in [0.4, 0.5) is 0 Å². The predicted molar refractivity (Wildman–Crippen MR) is 81.8 cm³/mol. The number of aliphatic carboxylic acids is 3. The van der Waals surface area contributed by atoms with Gasteiger partial charge in [0.05, 0.1) is 0 Å². The van der Waals surface area contributed by atoms with Gasteiger partial charge in [0.2, 0.25) is 0 Å². The van der Waals surface area contributed by atoms with Crippen molar-refractivity contribution in [3.8, 4) is 0 Å². The molecule has 0 saturated carbocycles. The minimum atomic E-state index is -1.08. The van der Waals surface area contributed by atoms with Gasteiger partial charge in [-0.2, -0.15) is 0 Å². The van der Waals surface area contributed by atoms with Crippen LogP contribution in [-0.4, -0.2) is 41.1 Å². The van der Waals surface area contributed by atoms with Crippen molar-refractivity contribution >= 4 is 41.1 Å². The summed E-state index contributed by atoms with van der Waals surface area (Å²) < 4.78 is 0. The van der Waals surface area contributed by atoms with Gasteiger partial charge in [-0.25, -0.2) is 0 Å². The average molecular weight is 346 g/mol. The van der Waals surface area contributed by atoms with Crippen LogP contribution in [-0.2, 0) is 19.2 Å². The molecule has 0 spiro atoms. The van der Waals surface area contributed by atoms with Crippen molar-refractivity contribution in [3.05, 3.63) is 0 Å². The van der Waals surface area contributed by atoms with E-state index < -0.39 is 17.9 Å². The second-order valence-electron chi connectivity index (χ2n) is 4.37. The van der Waals surface area contributed by atoms with Gasteiger partial charge < -0.3 is 29.7 Å². The SMILES string of the molecule is CC(=O)[O-].CC(=O)[O-].CC(=O)[O-].CCC(CC)(CC)C(C)=O.[Al+3]. The summed E-state index contributed by atoms with van der Waals surface area (Å²) >= 11 is 0. The topological polar surface area (TPSA) is 137 Å². The largest absolute Gasteiger partial charge is 3.00 e. The molecule has 0 saturated heterocycles. The van der Waals surface area contributed by atoms with Gasteiger partial charge in [-0.3, -0.25) is 4.79 Å². The molecule has 0 radical (unpaired) electrons. The van der Waals surface area contributed by atoms with E-state index in [-0.39, 0.29) is 22.8 Å². The Kier molecular flexibility index (Phi) is 29.8. The fourth-order valence-corrected chi connectivity index (χ4v) is 1.50. The molecule has 0 heterocycles. The fourth-order valence-electron chi connectivity index (χ4n) is 1.50. The van der Waals surface area contributed by atoms with Crippen LogP contribution in [0, 0.1) is 5.41 Å². The van der Waals surface area contributed by atoms with E-state index in [0.717, 1.165) is 40.0 Å². The molecule has 0 aliphatic carbocycles. The first-order valence-electron chi connectivity index (χ1n) is 6.86. The first kappa shape index (κ1) is 33.3. The molecule has 0 aliphatic rings. The summed E-state index contributed by atoms with van der Waals surface area (Å²) in [4.78, 5) is 37.8. The summed E-state index contributed by atoms with van der Waals surface area (Å²) in [5, 5.41) is 26.7. The van der Waals surface area contributed by atoms with Crippen molar-refractivity contribution in [2.45, 2.75) is 67.7 Å². The Bertz CT molecular complexity index is 288. The number of carbonyl (C=O) groups is 4. The van der Waals surface area contributed by atoms with E-state index in [1.54, 1.807) is 6.92 Å². The van der Waals surface area contributed by atoms with Gasteiger partial charge in [-0.05, 0) is 47.0 Å². The van der Waals surface area contributed by atoms with Crippen LogP contribution in [0.15, 0.2) is 0 Å². The van der Waals surface area contributed by atoms with Crippen molar-refractivity contribution in [2.75, 3.05) is 0 Å². The third kappa shape index (κ3) is 38.5. The molecular weight excluding hydrogens is 319 g/mol. The van der Waals surface area contributed by atoms with E-state index in [4.69, 9.17) is 29.7 Å². The van der Waals surface area contributed by atoms with Gasteiger partial charge in [0.25, 0.3) is 0 Å². The summed E-state index contributed by atoms with van der Waals surface area (Å²) in [5.74, 6) is -2.90. The number of carboxylic acids is 3. The van der Waals surface area contributed by atoms with E-state index in [0.29, 0.717) is 5.78 Å². The third-order valence-electron chi connectivity index (χ3n) is 2.78. The maximum absolute atomic E-state index is 11.2. The summed E-state index contributed by atoms with van der Waals surface area (Å²) in [7, 11) is 0. The van der Waals surface area contributed by atoms with Crippen LogP contribution in [0.1, 0.15) is 67.7 Å². The number of carboxylic acid groups (broad SMARTS) is 3. The predicted octanol–water partition coefficient (Wildman–Crippen LogP) is -1.32. The molecule has 132 valence electrons. The summed E-state index contributed by atoms with van der Waals surface area (Å²) in [6, 6.07) is 0. The Morgan fingerprint density at radius 1 is 0.652 bits per heavy atom. The number of ketones is 1. The Morgan fingerprint density at radius 2 is 0.783 bits per heavy atom. The van der Waals surface area contributed by atoms with Gasteiger partial charge in [0.15, 0.2) is 0 Å². The van der Waals surface area contributed by atoms with Gasteiger partial charge in [-0.15, -0.1) is 0 Å². The molecular formula is C15H27AlO7. The molecule has 8 heteroatoms. The molecule has 7 nitrogen and oxygen atoms in total. The smallest absolute Gasteiger partial charge is 0.550 e. The molecule has 0 fully saturated rings. The number of hydrogen-bond donors (Lipinski definition) is 0. The summed E-state index contributed by atoms with van der Waals surface area (Å²) in [6.45, 7) is 10.9. The Labute approximate surface area is 149 Å². The number of hydrogen-bond acceptors (Lipinski definition) is 7. The first-order valence-corrected chi connectivity index (χ1v) is 6.86. The molecule has 0 aromatic carbocycles. The number of rotatable bonds is 4. The molecule has 0 N–H and O–H groups in total. The molecule has 0 rings (SSSR count). The quantitative estimate of drug-likeness (QED) is 0.575. The molecule has 0 unspecified atom stereocenters. The van der Waals surface area contributed by atoms with E-state index in [2.05, 4.69) is 20.8 Å². The second-order valence-corrected chi connectivity index (χ2v) is 4.37. The van der Waals surface area contributed by atoms with E-state index in [9.17, 15) is 4.79 Å². The van der Waals surface area contributed by atoms with Gasteiger partial charge in [0.1, 0.15) is 5.78 Å². The van der Waals surface area contributed by atoms with Crippen LogP contribution < -0.4 is 15.3 Å². The number of Topliss-reactive ketones (excluding diaryl/α,β-unsaturated/α-hetero) is 1. The molecule has 0 amide bonds. The van der Waals surface area contributed by atoms with Crippen molar-refractivity contribution in [1.29, 1.82) is 0 Å². The van der Waals surface area contributed by atoms with E-state index >= 15 is 0 Å². The standard InChI is InChI=1S/C9H18O.3C2H4O2.Al/c1-5-9(6-2,7-3)8(4)10;3*1-2(3)4;/h5-7H2,1-4H3;3*1H3,(H,3,4);/q;;;;+3/p-3. The van der Waals surface area contributed by atoms with Gasteiger partial charge in [-0.1, -0.05) is 20.8 Å². The molecule has 23 heavy (non-hydrogen) atoms. The van der Waals surface area contributed by atoms with Gasteiger partial charge >= 0.3 is 17.4 Å². The third-order valence-corrected chi connectivity index (χ3v) is 2.78.